The van der Waals surface area contributed by atoms with E-state index in [9.17, 15) is 18.0 Å². The minimum Gasteiger partial charge on any atom is -0.316 e. The zero-order valence-corrected chi connectivity index (χ0v) is 16.6. The van der Waals surface area contributed by atoms with Gasteiger partial charge in [0.25, 0.3) is 5.56 Å². The molecule has 29 heavy (non-hydrogen) atoms. The summed E-state index contributed by atoms with van der Waals surface area (Å²) in [6.45, 7) is 1.80. The van der Waals surface area contributed by atoms with Crippen molar-refractivity contribution in [2.45, 2.75) is 43.9 Å². The first kappa shape index (κ1) is 19.9. The van der Waals surface area contributed by atoms with Crippen molar-refractivity contribution in [2.75, 3.05) is 0 Å². The standard InChI is InChI=1S/C19H19ClF3N5O/c1-3-18(24,10-8-13(20)15(25-9-10)19(21,22)23)16-12-6-7-28(11-4-5-11)17(29)14(12)26-27(16)2/h6-9,11H,3-5,24H2,1-2H3/t18-/m0/s1. The van der Waals surface area contributed by atoms with E-state index >= 15 is 0 Å². The van der Waals surface area contributed by atoms with Crippen LogP contribution in [0.2, 0.25) is 5.02 Å². The van der Waals surface area contributed by atoms with Crippen molar-refractivity contribution < 1.29 is 13.2 Å². The molecular formula is C19H19ClF3N5O. The van der Waals surface area contributed by atoms with E-state index in [0.717, 1.165) is 19.0 Å². The molecule has 1 saturated carbocycles. The molecule has 3 aromatic heterocycles. The Hall–Kier alpha value is -2.39. The molecule has 154 valence electrons. The van der Waals surface area contributed by atoms with Crippen molar-refractivity contribution in [3.05, 3.63) is 56.9 Å². The van der Waals surface area contributed by atoms with E-state index in [4.69, 9.17) is 17.3 Å². The SMILES string of the molecule is CC[C@](N)(c1cnc(C(F)(F)F)c(Cl)c1)c1c2ccn(C3CC3)c(=O)c2nn1C. The van der Waals surface area contributed by atoms with Crippen LogP contribution in [0, 0.1) is 0 Å². The molecule has 0 bridgehead atoms. The maximum Gasteiger partial charge on any atom is 0.434 e. The van der Waals surface area contributed by atoms with E-state index in [-0.39, 0.29) is 17.1 Å². The number of halogens is 4. The predicted octanol–water partition coefficient (Wildman–Crippen LogP) is 3.75. The molecule has 0 aromatic carbocycles. The van der Waals surface area contributed by atoms with Gasteiger partial charge in [-0.15, -0.1) is 0 Å². The van der Waals surface area contributed by atoms with E-state index < -0.39 is 22.4 Å². The lowest BCUT2D eigenvalue weighted by Crippen LogP contribution is -2.39. The Morgan fingerprint density at radius 3 is 2.59 bits per heavy atom. The summed E-state index contributed by atoms with van der Waals surface area (Å²) in [5.74, 6) is 0. The van der Waals surface area contributed by atoms with Crippen molar-refractivity contribution in [1.29, 1.82) is 0 Å². The Bertz CT molecular complexity index is 1170. The van der Waals surface area contributed by atoms with E-state index in [1.807, 2.05) is 0 Å². The maximum atomic E-state index is 13.0. The van der Waals surface area contributed by atoms with Crippen LogP contribution in [0.3, 0.4) is 0 Å². The number of alkyl halides is 3. The summed E-state index contributed by atoms with van der Waals surface area (Å²) in [6.07, 6.45) is 0.389. The van der Waals surface area contributed by atoms with Crippen molar-refractivity contribution in [3.63, 3.8) is 0 Å². The quantitative estimate of drug-likeness (QED) is 0.690. The lowest BCUT2D eigenvalue weighted by atomic mass is 9.84. The summed E-state index contributed by atoms with van der Waals surface area (Å²) < 4.78 is 42.3. The summed E-state index contributed by atoms with van der Waals surface area (Å²) in [5, 5.41) is 4.41. The predicted molar refractivity (Wildman–Crippen MR) is 103 cm³/mol. The summed E-state index contributed by atoms with van der Waals surface area (Å²) in [6, 6.07) is 3.17. The van der Waals surface area contributed by atoms with Crippen LogP contribution in [0.1, 0.15) is 49.2 Å². The number of nitrogens with two attached hydrogens (primary N) is 1. The second-order valence-electron chi connectivity index (χ2n) is 7.37. The third kappa shape index (κ3) is 3.12. The zero-order chi connectivity index (χ0) is 21.1. The van der Waals surface area contributed by atoms with Crippen LogP contribution in [0.15, 0.2) is 29.3 Å². The minimum atomic E-state index is -4.66. The molecule has 6 nitrogen and oxygen atoms in total. The van der Waals surface area contributed by atoms with Crippen molar-refractivity contribution in [2.24, 2.45) is 12.8 Å². The first-order valence-corrected chi connectivity index (χ1v) is 9.56. The fourth-order valence-electron chi connectivity index (χ4n) is 3.77. The van der Waals surface area contributed by atoms with Gasteiger partial charge in [-0.1, -0.05) is 18.5 Å². The van der Waals surface area contributed by atoms with Crippen molar-refractivity contribution in [3.8, 4) is 0 Å². The Morgan fingerprint density at radius 1 is 1.34 bits per heavy atom. The molecule has 10 heteroatoms. The molecule has 0 amide bonds. The number of hydrogen-bond donors (Lipinski definition) is 1. The molecule has 2 N–H and O–H groups in total. The van der Waals surface area contributed by atoms with Gasteiger partial charge in [-0.25, -0.2) is 4.98 Å². The van der Waals surface area contributed by atoms with Gasteiger partial charge in [0.15, 0.2) is 11.2 Å². The average molecular weight is 426 g/mol. The average Bonchev–Trinajstić information content (AvgIpc) is 3.42. The van der Waals surface area contributed by atoms with E-state index in [1.165, 1.54) is 10.7 Å². The molecule has 1 aliphatic rings. The van der Waals surface area contributed by atoms with Gasteiger partial charge in [-0.2, -0.15) is 18.3 Å². The number of aromatic nitrogens is 4. The molecule has 1 atom stereocenters. The Labute approximate surface area is 169 Å². The van der Waals surface area contributed by atoms with Crippen molar-refractivity contribution in [1.82, 2.24) is 19.3 Å². The molecule has 0 radical (unpaired) electrons. The molecule has 0 saturated heterocycles. The normalized spacial score (nSPS) is 16.9. The maximum absolute atomic E-state index is 13.0. The van der Waals surface area contributed by atoms with E-state index in [2.05, 4.69) is 10.1 Å². The number of pyridine rings is 2. The number of fused-ring (bicyclic) bond motifs is 1. The van der Waals surface area contributed by atoms with E-state index in [1.54, 1.807) is 30.8 Å². The van der Waals surface area contributed by atoms with Crippen LogP contribution < -0.4 is 11.3 Å². The largest absolute Gasteiger partial charge is 0.434 e. The van der Waals surface area contributed by atoms with Crippen LogP contribution in [0.5, 0.6) is 0 Å². The molecule has 0 spiro atoms. The van der Waals surface area contributed by atoms with Crippen molar-refractivity contribution >= 4 is 22.5 Å². The third-order valence-corrected chi connectivity index (χ3v) is 5.76. The topological polar surface area (TPSA) is 78.7 Å². The van der Waals surface area contributed by atoms with Crippen LogP contribution >= 0.6 is 11.6 Å². The summed E-state index contributed by atoms with van der Waals surface area (Å²) in [5.41, 5.74) is 5.21. The molecule has 0 unspecified atom stereocenters. The molecule has 4 rings (SSSR count). The Balaban J connectivity index is 1.90. The number of aryl methyl sites for hydroxylation is 1. The minimum absolute atomic E-state index is 0.198. The molecule has 1 aliphatic carbocycles. The fraction of sp³-hybridized carbons (Fsp3) is 0.421. The summed E-state index contributed by atoms with van der Waals surface area (Å²) >= 11 is 5.87. The first-order chi connectivity index (χ1) is 13.6. The summed E-state index contributed by atoms with van der Waals surface area (Å²) in [4.78, 5) is 16.3. The van der Waals surface area contributed by atoms with E-state index in [0.29, 0.717) is 23.1 Å². The molecular weight excluding hydrogens is 407 g/mol. The van der Waals surface area contributed by atoms with Crippen LogP contribution in [0.25, 0.3) is 10.9 Å². The monoisotopic (exact) mass is 425 g/mol. The van der Waals surface area contributed by atoms with Crippen LogP contribution in [0.4, 0.5) is 13.2 Å². The second-order valence-corrected chi connectivity index (χ2v) is 7.78. The third-order valence-electron chi connectivity index (χ3n) is 5.47. The Morgan fingerprint density at radius 2 is 2.03 bits per heavy atom. The summed E-state index contributed by atoms with van der Waals surface area (Å²) in [7, 11) is 1.66. The lowest BCUT2D eigenvalue weighted by molar-refractivity contribution is -0.141. The van der Waals surface area contributed by atoms with Gasteiger partial charge in [0.05, 0.1) is 16.3 Å². The highest BCUT2D eigenvalue weighted by molar-refractivity contribution is 6.31. The van der Waals surface area contributed by atoms with Gasteiger partial charge in [0.1, 0.15) is 0 Å². The zero-order valence-electron chi connectivity index (χ0n) is 15.8. The molecule has 3 heterocycles. The lowest BCUT2D eigenvalue weighted by Gasteiger charge is -2.29. The van der Waals surface area contributed by atoms with Gasteiger partial charge in [0.2, 0.25) is 0 Å². The highest BCUT2D eigenvalue weighted by Crippen LogP contribution is 2.39. The molecule has 3 aromatic rings. The number of hydrogen-bond acceptors (Lipinski definition) is 4. The van der Waals surface area contributed by atoms with Gasteiger partial charge >= 0.3 is 6.18 Å². The van der Waals surface area contributed by atoms with Gasteiger partial charge in [-0.3, -0.25) is 9.48 Å². The highest BCUT2D eigenvalue weighted by atomic mass is 35.5. The highest BCUT2D eigenvalue weighted by Gasteiger charge is 2.39. The van der Waals surface area contributed by atoms with Gasteiger partial charge in [0, 0.05) is 30.9 Å². The fourth-order valence-corrected chi connectivity index (χ4v) is 4.04. The Kier molecular flexibility index (Phi) is 4.51. The second kappa shape index (κ2) is 6.56. The molecule has 1 fully saturated rings. The van der Waals surface area contributed by atoms with Gasteiger partial charge < -0.3 is 10.3 Å². The number of rotatable bonds is 4. The smallest absolute Gasteiger partial charge is 0.316 e. The van der Waals surface area contributed by atoms with Crippen LogP contribution in [-0.2, 0) is 18.8 Å². The molecule has 0 aliphatic heterocycles. The first-order valence-electron chi connectivity index (χ1n) is 9.18. The van der Waals surface area contributed by atoms with Gasteiger partial charge in [-0.05, 0) is 37.0 Å². The number of nitrogens with zero attached hydrogens (tertiary/aromatic N) is 4. The van der Waals surface area contributed by atoms with Crippen LogP contribution in [-0.4, -0.2) is 19.3 Å².